The van der Waals surface area contributed by atoms with Gasteiger partial charge in [-0.1, -0.05) is 12.1 Å². The Morgan fingerprint density at radius 2 is 1.89 bits per heavy atom. The van der Waals surface area contributed by atoms with Crippen LogP contribution < -0.4 is 20.3 Å². The molecular formula is C20H22FN3O3. The number of carbonyl (C=O) groups is 2. The lowest BCUT2D eigenvalue weighted by atomic mass is 10.1. The summed E-state index contributed by atoms with van der Waals surface area (Å²) in [4.78, 5) is 25.8. The molecule has 1 atom stereocenters. The lowest BCUT2D eigenvalue weighted by Gasteiger charge is -2.17. The summed E-state index contributed by atoms with van der Waals surface area (Å²) in [6, 6.07) is 12.8. The molecule has 0 radical (unpaired) electrons. The average molecular weight is 371 g/mol. The van der Waals surface area contributed by atoms with Crippen LogP contribution in [0.2, 0.25) is 0 Å². The highest BCUT2D eigenvalue weighted by Gasteiger charge is 2.31. The third-order valence-corrected chi connectivity index (χ3v) is 4.46. The second kappa shape index (κ2) is 8.53. The molecule has 0 bridgehead atoms. The fourth-order valence-corrected chi connectivity index (χ4v) is 3.02. The summed E-state index contributed by atoms with van der Waals surface area (Å²) < 4.78 is 18.1. The molecule has 1 fully saturated rings. The zero-order valence-corrected chi connectivity index (χ0v) is 15.1. The molecular weight excluding hydrogens is 349 g/mol. The summed E-state index contributed by atoms with van der Waals surface area (Å²) in [5.74, 6) is 0.350. The van der Waals surface area contributed by atoms with E-state index in [4.69, 9.17) is 4.74 Å². The lowest BCUT2D eigenvalue weighted by Crippen LogP contribution is -2.43. The van der Waals surface area contributed by atoms with E-state index in [0.717, 1.165) is 11.3 Å². The number of amides is 3. The van der Waals surface area contributed by atoms with E-state index in [9.17, 15) is 14.0 Å². The van der Waals surface area contributed by atoms with Crippen molar-refractivity contribution in [3.63, 3.8) is 0 Å². The van der Waals surface area contributed by atoms with E-state index in [1.54, 1.807) is 24.1 Å². The number of nitrogens with one attached hydrogen (secondary N) is 2. The van der Waals surface area contributed by atoms with E-state index < -0.39 is 0 Å². The van der Waals surface area contributed by atoms with Crippen LogP contribution in [0, 0.1) is 5.82 Å². The Bertz CT molecular complexity index is 793. The summed E-state index contributed by atoms with van der Waals surface area (Å²) in [5.41, 5.74) is 1.72. The molecule has 6 nitrogen and oxygen atoms in total. The number of rotatable bonds is 6. The second-order valence-electron chi connectivity index (χ2n) is 6.38. The number of hydrogen-bond donors (Lipinski definition) is 2. The number of methoxy groups -OCH3 is 1. The molecule has 7 heteroatoms. The minimum atomic E-state index is -0.351. The summed E-state index contributed by atoms with van der Waals surface area (Å²) in [6.45, 7) is 0.858. The van der Waals surface area contributed by atoms with Crippen LogP contribution in [0.15, 0.2) is 48.5 Å². The van der Waals surface area contributed by atoms with E-state index in [1.165, 1.54) is 12.1 Å². The number of benzene rings is 2. The first kappa shape index (κ1) is 18.7. The first-order valence-electron chi connectivity index (χ1n) is 8.78. The first-order chi connectivity index (χ1) is 13.0. The normalized spacial score (nSPS) is 16.3. The molecule has 1 heterocycles. The largest absolute Gasteiger partial charge is 0.497 e. The Kier molecular flexibility index (Phi) is 5.90. The third kappa shape index (κ3) is 4.97. The molecule has 27 heavy (non-hydrogen) atoms. The van der Waals surface area contributed by atoms with Crippen LogP contribution in [0.25, 0.3) is 0 Å². The predicted octanol–water partition coefficient (Wildman–Crippen LogP) is 2.48. The summed E-state index contributed by atoms with van der Waals surface area (Å²) in [5, 5.41) is 5.62. The Hall–Kier alpha value is -3.09. The van der Waals surface area contributed by atoms with Crippen molar-refractivity contribution in [2.45, 2.75) is 18.9 Å². The molecule has 0 unspecified atom stereocenters. The Labute approximate surface area is 157 Å². The fourth-order valence-electron chi connectivity index (χ4n) is 3.02. The van der Waals surface area contributed by atoms with Gasteiger partial charge in [-0.05, 0) is 48.4 Å². The SMILES string of the molecule is COc1ccc(CCNC(=O)N[C@H]2CC(=O)N(c3ccc(F)cc3)C2)cc1. The van der Waals surface area contributed by atoms with Crippen molar-refractivity contribution >= 4 is 17.6 Å². The van der Waals surface area contributed by atoms with Gasteiger partial charge in [-0.3, -0.25) is 4.79 Å². The summed E-state index contributed by atoms with van der Waals surface area (Å²) in [6.07, 6.45) is 0.923. The van der Waals surface area contributed by atoms with Gasteiger partial charge in [-0.2, -0.15) is 0 Å². The molecule has 1 saturated heterocycles. The van der Waals surface area contributed by atoms with Crippen LogP contribution in [-0.4, -0.2) is 38.2 Å². The van der Waals surface area contributed by atoms with E-state index in [1.807, 2.05) is 24.3 Å². The number of hydrogen-bond acceptors (Lipinski definition) is 3. The van der Waals surface area contributed by atoms with Crippen molar-refractivity contribution in [1.82, 2.24) is 10.6 Å². The van der Waals surface area contributed by atoms with Gasteiger partial charge in [0.1, 0.15) is 11.6 Å². The van der Waals surface area contributed by atoms with E-state index in [2.05, 4.69) is 10.6 Å². The van der Waals surface area contributed by atoms with Gasteiger partial charge in [0.25, 0.3) is 0 Å². The highest BCUT2D eigenvalue weighted by atomic mass is 19.1. The van der Waals surface area contributed by atoms with Crippen molar-refractivity contribution in [2.75, 3.05) is 25.1 Å². The maximum atomic E-state index is 13.0. The van der Waals surface area contributed by atoms with Crippen LogP contribution in [0.5, 0.6) is 5.75 Å². The number of anilines is 1. The summed E-state index contributed by atoms with van der Waals surface area (Å²) >= 11 is 0. The number of nitrogens with zero attached hydrogens (tertiary/aromatic N) is 1. The molecule has 2 aromatic carbocycles. The van der Waals surface area contributed by atoms with Crippen molar-refractivity contribution in [1.29, 1.82) is 0 Å². The van der Waals surface area contributed by atoms with Crippen LogP contribution in [0.1, 0.15) is 12.0 Å². The molecule has 0 aromatic heterocycles. The first-order valence-corrected chi connectivity index (χ1v) is 8.78. The molecule has 1 aliphatic rings. The Morgan fingerprint density at radius 3 is 2.56 bits per heavy atom. The van der Waals surface area contributed by atoms with Gasteiger partial charge in [0.15, 0.2) is 0 Å². The van der Waals surface area contributed by atoms with Crippen LogP contribution >= 0.6 is 0 Å². The molecule has 0 spiro atoms. The number of urea groups is 1. The van der Waals surface area contributed by atoms with E-state index in [0.29, 0.717) is 25.2 Å². The maximum Gasteiger partial charge on any atom is 0.315 e. The molecule has 142 valence electrons. The number of halogens is 1. The van der Waals surface area contributed by atoms with Crippen LogP contribution in [0.3, 0.4) is 0 Å². The minimum Gasteiger partial charge on any atom is -0.497 e. The number of ether oxygens (including phenoxy) is 1. The lowest BCUT2D eigenvalue weighted by molar-refractivity contribution is -0.117. The van der Waals surface area contributed by atoms with Gasteiger partial charge in [0, 0.05) is 25.2 Å². The van der Waals surface area contributed by atoms with Crippen molar-refractivity contribution < 1.29 is 18.7 Å². The van der Waals surface area contributed by atoms with Gasteiger partial charge in [0.2, 0.25) is 5.91 Å². The monoisotopic (exact) mass is 371 g/mol. The third-order valence-electron chi connectivity index (χ3n) is 4.46. The van der Waals surface area contributed by atoms with Gasteiger partial charge < -0.3 is 20.3 Å². The van der Waals surface area contributed by atoms with Crippen LogP contribution in [0.4, 0.5) is 14.9 Å². The van der Waals surface area contributed by atoms with Crippen molar-refractivity contribution in [3.05, 3.63) is 59.9 Å². The smallest absolute Gasteiger partial charge is 0.315 e. The number of carbonyl (C=O) groups excluding carboxylic acids is 2. The summed E-state index contributed by atoms with van der Waals surface area (Å²) in [7, 11) is 1.62. The van der Waals surface area contributed by atoms with Crippen molar-refractivity contribution in [3.8, 4) is 5.75 Å². The van der Waals surface area contributed by atoms with Gasteiger partial charge in [-0.15, -0.1) is 0 Å². The zero-order valence-electron chi connectivity index (χ0n) is 15.1. The molecule has 1 aliphatic heterocycles. The van der Waals surface area contributed by atoms with Gasteiger partial charge >= 0.3 is 6.03 Å². The van der Waals surface area contributed by atoms with Crippen LogP contribution in [-0.2, 0) is 11.2 Å². The predicted molar refractivity (Wildman–Crippen MR) is 100 cm³/mol. The maximum absolute atomic E-state index is 13.0. The zero-order chi connectivity index (χ0) is 19.2. The highest BCUT2D eigenvalue weighted by molar-refractivity contribution is 5.96. The Balaban J connectivity index is 1.44. The fraction of sp³-hybridized carbons (Fsp3) is 0.300. The molecule has 0 saturated carbocycles. The molecule has 3 rings (SSSR count). The van der Waals surface area contributed by atoms with Gasteiger partial charge in [-0.25, -0.2) is 9.18 Å². The van der Waals surface area contributed by atoms with Crippen molar-refractivity contribution in [2.24, 2.45) is 0 Å². The standard InChI is InChI=1S/C20H22FN3O3/c1-27-18-8-2-14(3-9-18)10-11-22-20(26)23-16-12-19(25)24(13-16)17-6-4-15(21)5-7-17/h2-9,16H,10-13H2,1H3,(H2,22,23,26)/t16-/m0/s1. The molecule has 2 N–H and O–H groups in total. The quantitative estimate of drug-likeness (QED) is 0.820. The second-order valence-corrected chi connectivity index (χ2v) is 6.38. The highest BCUT2D eigenvalue weighted by Crippen LogP contribution is 2.21. The molecule has 0 aliphatic carbocycles. The minimum absolute atomic E-state index is 0.0925. The molecule has 2 aromatic rings. The molecule has 3 amide bonds. The topological polar surface area (TPSA) is 70.7 Å². The van der Waals surface area contributed by atoms with Gasteiger partial charge in [0.05, 0.1) is 13.2 Å². The van der Waals surface area contributed by atoms with E-state index >= 15 is 0 Å². The van der Waals surface area contributed by atoms with E-state index in [-0.39, 0.29) is 30.2 Å². The Morgan fingerprint density at radius 1 is 1.19 bits per heavy atom. The average Bonchev–Trinajstić information content (AvgIpc) is 3.03.